The minimum atomic E-state index is 0.521. The highest BCUT2D eigenvalue weighted by molar-refractivity contribution is 6.14. The third-order valence-electron chi connectivity index (χ3n) is 3.71. The van der Waals surface area contributed by atoms with Crippen molar-refractivity contribution in [2.75, 3.05) is 0 Å². The van der Waals surface area contributed by atoms with Gasteiger partial charge >= 0.3 is 0 Å². The van der Waals surface area contributed by atoms with Gasteiger partial charge in [0, 0.05) is 12.4 Å². The average molecular weight is 316 g/mol. The lowest BCUT2D eigenvalue weighted by Crippen LogP contribution is -2.11. The molecule has 0 saturated heterocycles. The molecule has 0 spiro atoms. The third-order valence-corrected chi connectivity index (χ3v) is 3.71. The zero-order valence-corrected chi connectivity index (χ0v) is 13.0. The van der Waals surface area contributed by atoms with E-state index in [4.69, 9.17) is 0 Å². The normalized spacial score (nSPS) is 15.3. The summed E-state index contributed by atoms with van der Waals surface area (Å²) in [5, 5.41) is 8.85. The van der Waals surface area contributed by atoms with E-state index in [0.717, 1.165) is 28.6 Å². The number of para-hydroxylation sites is 1. The minimum Gasteiger partial charge on any atom is -0.265 e. The molecule has 1 aromatic carbocycles. The zero-order valence-electron chi connectivity index (χ0n) is 13.0. The van der Waals surface area contributed by atoms with Crippen LogP contribution in [0.15, 0.2) is 77.1 Å². The maximum Gasteiger partial charge on any atom is 0.123 e. The van der Waals surface area contributed by atoms with Gasteiger partial charge < -0.3 is 0 Å². The fourth-order valence-corrected chi connectivity index (χ4v) is 2.49. The summed E-state index contributed by atoms with van der Waals surface area (Å²) in [6, 6.07) is 17.8. The first kappa shape index (κ1) is 14.3. The maximum absolute atomic E-state index is 4.56. The topological polar surface area (TPSA) is 67.5 Å². The lowest BCUT2D eigenvalue weighted by molar-refractivity contribution is 0.831. The van der Waals surface area contributed by atoms with Crippen molar-refractivity contribution in [1.82, 2.24) is 20.2 Å². The van der Waals surface area contributed by atoms with Crippen molar-refractivity contribution < 1.29 is 0 Å². The molecule has 3 heterocycles. The summed E-state index contributed by atoms with van der Waals surface area (Å²) in [6.07, 6.45) is 4.38. The summed E-state index contributed by atoms with van der Waals surface area (Å²) in [4.78, 5) is 8.87. The van der Waals surface area contributed by atoms with Crippen molar-refractivity contribution in [3.05, 3.63) is 78.4 Å². The molecule has 0 radical (unpaired) electrons. The molecule has 24 heavy (non-hydrogen) atoms. The van der Waals surface area contributed by atoms with E-state index in [-0.39, 0.29) is 0 Å². The Morgan fingerprint density at radius 1 is 1.04 bits per heavy atom. The predicted molar refractivity (Wildman–Crippen MR) is 93.2 cm³/mol. The van der Waals surface area contributed by atoms with Crippen LogP contribution in [0.1, 0.15) is 17.8 Å². The molecule has 0 atom stereocenters. The summed E-state index contributed by atoms with van der Waals surface area (Å²) in [6.45, 7) is 0.521. The quantitative estimate of drug-likeness (QED) is 0.804. The van der Waals surface area contributed by atoms with E-state index >= 15 is 0 Å². The van der Waals surface area contributed by atoms with Crippen LogP contribution in [-0.2, 0) is 6.54 Å². The van der Waals surface area contributed by atoms with Crippen LogP contribution < -0.4 is 5.43 Å². The summed E-state index contributed by atoms with van der Waals surface area (Å²) in [5.74, 6) is 0.838. The molecule has 118 valence electrons. The van der Waals surface area contributed by atoms with Crippen molar-refractivity contribution in [3.8, 4) is 5.69 Å². The average Bonchev–Trinajstić information content (AvgIpc) is 3.31. The van der Waals surface area contributed by atoms with E-state index in [0.29, 0.717) is 13.0 Å². The van der Waals surface area contributed by atoms with E-state index in [9.17, 15) is 0 Å². The monoisotopic (exact) mass is 316 g/mol. The Morgan fingerprint density at radius 2 is 1.92 bits per heavy atom. The minimum absolute atomic E-state index is 0.521. The second-order valence-electron chi connectivity index (χ2n) is 5.41. The Labute approximate surface area is 139 Å². The van der Waals surface area contributed by atoms with E-state index in [1.165, 1.54) is 0 Å². The number of amidine groups is 1. The van der Waals surface area contributed by atoms with Crippen LogP contribution in [-0.4, -0.2) is 26.3 Å². The van der Waals surface area contributed by atoms with Crippen LogP contribution in [0, 0.1) is 0 Å². The molecule has 2 aromatic heterocycles. The van der Waals surface area contributed by atoms with Gasteiger partial charge in [-0.2, -0.15) is 10.2 Å². The number of benzene rings is 1. The van der Waals surface area contributed by atoms with Gasteiger partial charge in [-0.3, -0.25) is 15.4 Å². The van der Waals surface area contributed by atoms with E-state index in [2.05, 4.69) is 25.6 Å². The van der Waals surface area contributed by atoms with Gasteiger partial charge in [-0.25, -0.2) is 4.68 Å². The number of pyridine rings is 1. The number of hydrogen-bond donors (Lipinski definition) is 1. The summed E-state index contributed by atoms with van der Waals surface area (Å²) < 4.78 is 1.85. The van der Waals surface area contributed by atoms with Crippen molar-refractivity contribution in [1.29, 1.82) is 0 Å². The van der Waals surface area contributed by atoms with Gasteiger partial charge in [-0.1, -0.05) is 24.3 Å². The molecule has 0 aliphatic carbocycles. The molecular weight excluding hydrogens is 300 g/mol. The smallest absolute Gasteiger partial charge is 0.123 e. The van der Waals surface area contributed by atoms with Gasteiger partial charge in [0.25, 0.3) is 0 Å². The van der Waals surface area contributed by atoms with Crippen LogP contribution in [0.25, 0.3) is 5.69 Å². The number of nitrogens with zero attached hydrogens (tertiary/aromatic N) is 5. The molecule has 0 bridgehead atoms. The number of aliphatic imine (C=N–C) groups is 1. The number of aromatic nitrogens is 3. The number of rotatable bonds is 4. The molecule has 4 rings (SSSR count). The molecule has 0 unspecified atom stereocenters. The van der Waals surface area contributed by atoms with Crippen molar-refractivity contribution in [3.63, 3.8) is 0 Å². The fraction of sp³-hybridized carbons (Fsp3) is 0.111. The lowest BCUT2D eigenvalue weighted by atomic mass is 10.2. The van der Waals surface area contributed by atoms with Gasteiger partial charge in [0.1, 0.15) is 5.84 Å². The molecule has 6 heteroatoms. The molecule has 0 saturated carbocycles. The Morgan fingerprint density at radius 3 is 2.75 bits per heavy atom. The number of hydrogen-bond acceptors (Lipinski definition) is 4. The van der Waals surface area contributed by atoms with Crippen LogP contribution >= 0.6 is 0 Å². The summed E-state index contributed by atoms with van der Waals surface area (Å²) in [5.41, 5.74) is 6.72. The first-order valence-electron chi connectivity index (χ1n) is 7.76. The molecule has 1 aliphatic heterocycles. The van der Waals surface area contributed by atoms with Crippen LogP contribution in [0.2, 0.25) is 0 Å². The SMILES string of the molecule is c1ccc(-n2ccc(CN=C3CC(c4ccccn4)=NN3)n2)cc1. The Balaban J connectivity index is 1.41. The van der Waals surface area contributed by atoms with Crippen molar-refractivity contribution in [2.45, 2.75) is 13.0 Å². The van der Waals surface area contributed by atoms with E-state index < -0.39 is 0 Å². The molecule has 0 fully saturated rings. The molecule has 1 aliphatic rings. The largest absolute Gasteiger partial charge is 0.265 e. The second-order valence-corrected chi connectivity index (χ2v) is 5.41. The van der Waals surface area contributed by atoms with Gasteiger partial charge in [0.15, 0.2) is 0 Å². The zero-order chi connectivity index (χ0) is 16.2. The molecule has 3 aromatic rings. The number of hydrazone groups is 1. The Bertz CT molecular complexity index is 880. The van der Waals surface area contributed by atoms with Gasteiger partial charge in [0.05, 0.1) is 35.8 Å². The summed E-state index contributed by atoms with van der Waals surface area (Å²) >= 11 is 0. The molecule has 6 nitrogen and oxygen atoms in total. The van der Waals surface area contributed by atoms with Gasteiger partial charge in [-0.15, -0.1) is 0 Å². The highest BCUT2D eigenvalue weighted by Gasteiger charge is 2.15. The van der Waals surface area contributed by atoms with Crippen LogP contribution in [0.3, 0.4) is 0 Å². The fourth-order valence-electron chi connectivity index (χ4n) is 2.49. The van der Waals surface area contributed by atoms with Crippen LogP contribution in [0.4, 0.5) is 0 Å². The molecule has 0 amide bonds. The standard InChI is InChI=1S/C18H16N6/c1-2-6-15(7-3-1)24-11-9-14(23-24)13-20-18-12-17(21-22-18)16-8-4-5-10-19-16/h1-11H,12-13H2,(H,20,22). The third kappa shape index (κ3) is 3.08. The second kappa shape index (κ2) is 6.45. The molecule has 1 N–H and O–H groups in total. The van der Waals surface area contributed by atoms with Crippen LogP contribution in [0.5, 0.6) is 0 Å². The Hall–Kier alpha value is -3.28. The highest BCUT2D eigenvalue weighted by atomic mass is 15.3. The van der Waals surface area contributed by atoms with Gasteiger partial charge in [-0.05, 0) is 30.3 Å². The van der Waals surface area contributed by atoms with Gasteiger partial charge in [0.2, 0.25) is 0 Å². The lowest BCUT2D eigenvalue weighted by Gasteiger charge is -1.99. The maximum atomic E-state index is 4.56. The number of nitrogens with one attached hydrogen (secondary N) is 1. The molecular formula is C18H16N6. The predicted octanol–water partition coefficient (Wildman–Crippen LogP) is 2.56. The first-order chi connectivity index (χ1) is 11.9. The Kier molecular flexibility index (Phi) is 3.85. The van der Waals surface area contributed by atoms with Crippen molar-refractivity contribution >= 4 is 11.5 Å². The summed E-state index contributed by atoms with van der Waals surface area (Å²) in [7, 11) is 0. The first-order valence-corrected chi connectivity index (χ1v) is 7.76. The highest BCUT2D eigenvalue weighted by Crippen LogP contribution is 2.10. The van der Waals surface area contributed by atoms with E-state index in [1.807, 2.05) is 65.5 Å². The van der Waals surface area contributed by atoms with Crippen molar-refractivity contribution in [2.24, 2.45) is 10.1 Å². The van der Waals surface area contributed by atoms with E-state index in [1.54, 1.807) is 6.20 Å².